The van der Waals surface area contributed by atoms with E-state index in [1.807, 2.05) is 0 Å². The molecule has 0 rings (SSSR count). The largest absolute Gasteiger partial charge is 4.00 e. The van der Waals surface area contributed by atoms with E-state index < -0.39 is 23.9 Å². The van der Waals surface area contributed by atoms with Crippen LogP contribution in [0.25, 0.3) is 0 Å². The summed E-state index contributed by atoms with van der Waals surface area (Å²) < 4.78 is 0. The minimum absolute atomic E-state index is 0. The fraction of sp³-hybridized carbons (Fsp3) is 0.786. The Balaban J connectivity index is -0.000000245. The molecule has 0 heterocycles. The fourth-order valence-electron chi connectivity index (χ4n) is 7.01. The molecule has 0 aromatic heterocycles. The molecule has 0 bridgehead atoms. The molecule has 0 aromatic carbocycles. The molecule has 0 N–H and O–H groups in total. The first-order valence-electron chi connectivity index (χ1n) is 26.6. The zero-order valence-corrected chi connectivity index (χ0v) is 45.5. The predicted octanol–water partition coefficient (Wildman–Crippen LogP) is 12.9. The Kier molecular flexibility index (Phi) is 75.0. The van der Waals surface area contributed by atoms with Crippen molar-refractivity contribution in [3.63, 3.8) is 0 Å². The second kappa shape index (κ2) is 68.1. The van der Waals surface area contributed by atoms with Crippen LogP contribution in [0.1, 0.15) is 285 Å². The van der Waals surface area contributed by atoms with E-state index in [1.54, 1.807) is 24.3 Å². The van der Waals surface area contributed by atoms with Crippen molar-refractivity contribution in [2.24, 2.45) is 0 Å². The summed E-state index contributed by atoms with van der Waals surface area (Å²) in [5, 5.41) is 40.2. The van der Waals surface area contributed by atoms with Gasteiger partial charge in [0.05, 0.1) is 23.9 Å². The van der Waals surface area contributed by atoms with Gasteiger partial charge in [-0.3, -0.25) is 0 Å². The van der Waals surface area contributed by atoms with Gasteiger partial charge >= 0.3 is 21.1 Å². The minimum atomic E-state index is -1.09. The molecule has 0 unspecified atom stereocenters. The standard InChI is InChI=1S/4C14H26O2.W/c4*1-2-3-4-5-6-7-8-9-10-11-12-13-14(15)16;/h4*12-13H,2-11H2,1H3,(H,15,16);/q;;;;+4/p-4. The number of carboxylic acids is 4. The summed E-state index contributed by atoms with van der Waals surface area (Å²) >= 11 is 0. The molecule has 378 valence electrons. The number of carbonyl (C=O) groups is 4. The molecule has 0 saturated carbocycles. The first kappa shape index (κ1) is 71.5. The monoisotopic (exact) mass is 1080 g/mol. The van der Waals surface area contributed by atoms with E-state index in [0.717, 1.165) is 75.7 Å². The van der Waals surface area contributed by atoms with Gasteiger partial charge in [-0.25, -0.2) is 0 Å². The topological polar surface area (TPSA) is 161 Å². The predicted molar refractivity (Wildman–Crippen MR) is 264 cm³/mol. The van der Waals surface area contributed by atoms with Crippen molar-refractivity contribution in [3.05, 3.63) is 48.6 Å². The maximum absolute atomic E-state index is 10.1. The van der Waals surface area contributed by atoms with Gasteiger partial charge in [-0.15, -0.1) is 0 Å². The molecule has 0 aliphatic heterocycles. The van der Waals surface area contributed by atoms with Crippen LogP contribution < -0.4 is 20.4 Å². The average Bonchev–Trinajstić information content (AvgIpc) is 3.26. The van der Waals surface area contributed by atoms with Gasteiger partial charge in [0.15, 0.2) is 0 Å². The molecule has 0 aliphatic carbocycles. The van der Waals surface area contributed by atoms with E-state index in [9.17, 15) is 39.6 Å². The number of hydrogen-bond acceptors (Lipinski definition) is 8. The third-order valence-electron chi connectivity index (χ3n) is 10.9. The summed E-state index contributed by atoms with van der Waals surface area (Å²) in [6.07, 6.45) is 61.6. The van der Waals surface area contributed by atoms with Crippen molar-refractivity contribution in [2.45, 2.75) is 285 Å². The van der Waals surface area contributed by atoms with Gasteiger partial charge in [0, 0.05) is 0 Å². The normalized spacial score (nSPS) is 10.9. The second-order valence-corrected chi connectivity index (χ2v) is 17.4. The summed E-state index contributed by atoms with van der Waals surface area (Å²) in [6.45, 7) is 8.95. The molecule has 0 amide bonds. The third kappa shape index (κ3) is 88.9. The molecule has 0 fully saturated rings. The van der Waals surface area contributed by atoms with Crippen LogP contribution in [0.2, 0.25) is 0 Å². The molecule has 0 radical (unpaired) electrons. The molecule has 0 atom stereocenters. The van der Waals surface area contributed by atoms with E-state index in [0.29, 0.717) is 0 Å². The summed E-state index contributed by atoms with van der Waals surface area (Å²) in [5.74, 6) is -4.35. The number of rotatable bonds is 44. The smallest absolute Gasteiger partial charge is 0.545 e. The second-order valence-electron chi connectivity index (χ2n) is 17.4. The molecular weight excluding hydrogens is 984 g/mol. The summed E-state index contributed by atoms with van der Waals surface area (Å²) in [5.41, 5.74) is 0. The zero-order valence-electron chi connectivity index (χ0n) is 42.6. The molecule has 8 nitrogen and oxygen atoms in total. The van der Waals surface area contributed by atoms with Crippen molar-refractivity contribution >= 4 is 23.9 Å². The third-order valence-corrected chi connectivity index (χ3v) is 10.9. The molecule has 65 heavy (non-hydrogen) atoms. The SMILES string of the molecule is CCCCCCCCCCCC=CC(=O)[O-].CCCCCCCCCCCC=CC(=O)[O-].CCCCCCCCCCCC=CC(=O)[O-].CCCCCCCCCCCC=CC(=O)[O-].[W+4]. The number of carbonyl (C=O) groups excluding carboxylic acids is 4. The molecule has 0 spiro atoms. The van der Waals surface area contributed by atoms with E-state index in [-0.39, 0.29) is 21.1 Å². The van der Waals surface area contributed by atoms with E-state index in [2.05, 4.69) is 27.7 Å². The number of unbranched alkanes of at least 4 members (excludes halogenated alkanes) is 36. The minimum Gasteiger partial charge on any atom is -0.545 e. The van der Waals surface area contributed by atoms with E-state index >= 15 is 0 Å². The van der Waals surface area contributed by atoms with Crippen LogP contribution in [0.15, 0.2) is 48.6 Å². The van der Waals surface area contributed by atoms with E-state index in [4.69, 9.17) is 0 Å². The van der Waals surface area contributed by atoms with Crippen molar-refractivity contribution < 1.29 is 60.7 Å². The van der Waals surface area contributed by atoms with Gasteiger partial charge in [-0.2, -0.15) is 0 Å². The van der Waals surface area contributed by atoms with Crippen LogP contribution in [-0.4, -0.2) is 23.9 Å². The van der Waals surface area contributed by atoms with Crippen LogP contribution in [-0.2, 0) is 40.2 Å². The Morgan fingerprint density at radius 1 is 0.246 bits per heavy atom. The Hall–Kier alpha value is -2.47. The average molecular weight is 1090 g/mol. The molecule has 9 heteroatoms. The Bertz CT molecular complexity index is 916. The van der Waals surface area contributed by atoms with Crippen LogP contribution >= 0.6 is 0 Å². The number of allylic oxidation sites excluding steroid dienone is 4. The van der Waals surface area contributed by atoms with Gasteiger partial charge in [-0.1, -0.05) is 257 Å². The number of aliphatic carboxylic acids is 4. The fourth-order valence-corrected chi connectivity index (χ4v) is 7.01. The summed E-state index contributed by atoms with van der Waals surface area (Å²) in [7, 11) is 0. The first-order chi connectivity index (χ1) is 31.1. The summed E-state index contributed by atoms with van der Waals surface area (Å²) in [4.78, 5) is 40.2. The van der Waals surface area contributed by atoms with Gasteiger partial charge in [0.2, 0.25) is 0 Å². The van der Waals surface area contributed by atoms with Crippen LogP contribution in [0.3, 0.4) is 0 Å². The van der Waals surface area contributed by atoms with Crippen molar-refractivity contribution in [1.29, 1.82) is 0 Å². The van der Waals surface area contributed by atoms with E-state index in [1.165, 1.54) is 205 Å². The Morgan fingerprint density at radius 3 is 0.492 bits per heavy atom. The number of hydrogen-bond donors (Lipinski definition) is 0. The van der Waals surface area contributed by atoms with Crippen LogP contribution in [0, 0.1) is 0 Å². The maximum Gasteiger partial charge on any atom is 4.00 e. The zero-order chi connectivity index (χ0) is 48.3. The van der Waals surface area contributed by atoms with Crippen molar-refractivity contribution in [3.8, 4) is 0 Å². The van der Waals surface area contributed by atoms with Gasteiger partial charge in [-0.05, 0) is 75.7 Å². The number of carboxylic acid groups (broad SMARTS) is 4. The van der Waals surface area contributed by atoms with Gasteiger partial charge in [0.25, 0.3) is 0 Å². The molecule has 0 aromatic rings. The Labute approximate surface area is 415 Å². The van der Waals surface area contributed by atoms with Crippen molar-refractivity contribution in [2.75, 3.05) is 0 Å². The molecular formula is C56H100O8W. The maximum atomic E-state index is 10.1. The molecule has 0 aliphatic rings. The van der Waals surface area contributed by atoms with Crippen LogP contribution in [0.4, 0.5) is 0 Å². The van der Waals surface area contributed by atoms with Crippen molar-refractivity contribution in [1.82, 2.24) is 0 Å². The summed E-state index contributed by atoms with van der Waals surface area (Å²) in [6, 6.07) is 0. The Morgan fingerprint density at radius 2 is 0.369 bits per heavy atom. The molecule has 0 saturated heterocycles. The first-order valence-corrected chi connectivity index (χ1v) is 26.6. The van der Waals surface area contributed by atoms with Gasteiger partial charge < -0.3 is 39.6 Å². The van der Waals surface area contributed by atoms with Crippen LogP contribution in [0.5, 0.6) is 0 Å². The van der Waals surface area contributed by atoms with Gasteiger partial charge in [0.1, 0.15) is 0 Å². The quantitative estimate of drug-likeness (QED) is 0.0430.